The first-order valence-electron chi connectivity index (χ1n) is 6.98. The third-order valence-corrected chi connectivity index (χ3v) is 4.12. The van der Waals surface area contributed by atoms with Crippen molar-refractivity contribution in [3.63, 3.8) is 0 Å². The van der Waals surface area contributed by atoms with E-state index in [1.165, 1.54) is 0 Å². The summed E-state index contributed by atoms with van der Waals surface area (Å²) >= 11 is 8.80. The van der Waals surface area contributed by atoms with Crippen LogP contribution in [0.25, 0.3) is 11.4 Å². The zero-order chi connectivity index (χ0) is 16.2. The fraction of sp³-hybridized carbons (Fsp3) is 0.125. The van der Waals surface area contributed by atoms with E-state index in [0.29, 0.717) is 17.1 Å². The maximum absolute atomic E-state index is 5.41. The summed E-state index contributed by atoms with van der Waals surface area (Å²) in [5.41, 5.74) is 5.29. The van der Waals surface area contributed by atoms with Crippen LogP contribution in [0.4, 0.5) is 0 Å². The van der Waals surface area contributed by atoms with Crippen molar-refractivity contribution in [3.8, 4) is 17.1 Å². The van der Waals surface area contributed by atoms with Crippen LogP contribution in [0, 0.1) is 4.77 Å². The zero-order valence-corrected chi connectivity index (χ0v) is 14.8. The number of nitrogens with zero attached hydrogens (tertiary/aromatic N) is 2. The molecule has 0 spiro atoms. The van der Waals surface area contributed by atoms with Crippen molar-refractivity contribution in [3.05, 3.63) is 63.3 Å². The molecule has 0 amide bonds. The molecule has 0 saturated heterocycles. The summed E-state index contributed by atoms with van der Waals surface area (Å²) in [6, 6.07) is 15.8. The molecule has 2 aromatic carbocycles. The summed E-state index contributed by atoms with van der Waals surface area (Å²) in [6.07, 6.45) is 0. The van der Waals surface area contributed by atoms with Crippen molar-refractivity contribution in [1.29, 1.82) is 0 Å². The summed E-state index contributed by atoms with van der Waals surface area (Å²) in [5.74, 6) is 1.43. The quantitative estimate of drug-likeness (QED) is 0.643. The maximum Gasteiger partial charge on any atom is 0.214 e. The van der Waals surface area contributed by atoms with Crippen LogP contribution < -0.4 is 10.2 Å². The van der Waals surface area contributed by atoms with E-state index in [-0.39, 0.29) is 0 Å². The Hall–Kier alpha value is -2.12. The summed E-state index contributed by atoms with van der Waals surface area (Å²) < 4.78 is 8.71. The Bertz CT molecular complexity index is 874. The molecule has 0 bridgehead atoms. The van der Waals surface area contributed by atoms with Gasteiger partial charge in [-0.3, -0.25) is 0 Å². The minimum atomic E-state index is 0.501. The highest BCUT2D eigenvalue weighted by atomic mass is 79.9. The van der Waals surface area contributed by atoms with E-state index >= 15 is 0 Å². The Morgan fingerprint density at radius 1 is 1.26 bits per heavy atom. The Balaban J connectivity index is 1.92. The number of H-pyrrole nitrogens is 1. The number of nitrogens with one attached hydrogen (secondary N) is 2. The molecule has 0 fully saturated rings. The monoisotopic (exact) mass is 390 g/mol. The molecule has 7 heteroatoms. The SMILES string of the molecule is COc1ccccc1-c1n[nH]c(=S)n1NCc1cccc(Br)c1. The number of benzene rings is 2. The zero-order valence-electron chi connectivity index (χ0n) is 12.4. The van der Waals surface area contributed by atoms with Gasteiger partial charge in [-0.1, -0.05) is 40.2 Å². The van der Waals surface area contributed by atoms with E-state index in [0.717, 1.165) is 21.3 Å². The molecule has 0 aliphatic heterocycles. The molecule has 0 radical (unpaired) electrons. The molecule has 1 heterocycles. The first-order valence-corrected chi connectivity index (χ1v) is 8.18. The predicted molar refractivity (Wildman–Crippen MR) is 96.6 cm³/mol. The summed E-state index contributed by atoms with van der Waals surface area (Å²) in [6.45, 7) is 0.620. The fourth-order valence-corrected chi connectivity index (χ4v) is 2.91. The van der Waals surface area contributed by atoms with Gasteiger partial charge in [0.25, 0.3) is 0 Å². The van der Waals surface area contributed by atoms with Crippen LogP contribution >= 0.6 is 28.1 Å². The Morgan fingerprint density at radius 2 is 2.09 bits per heavy atom. The van der Waals surface area contributed by atoms with Gasteiger partial charge in [0.2, 0.25) is 4.77 Å². The smallest absolute Gasteiger partial charge is 0.214 e. The Labute approximate surface area is 147 Å². The molecule has 23 heavy (non-hydrogen) atoms. The van der Waals surface area contributed by atoms with Gasteiger partial charge in [0.05, 0.1) is 19.2 Å². The molecule has 1 aromatic heterocycles. The second-order valence-electron chi connectivity index (χ2n) is 4.85. The lowest BCUT2D eigenvalue weighted by Gasteiger charge is -2.12. The van der Waals surface area contributed by atoms with Gasteiger partial charge in [-0.15, -0.1) is 0 Å². The molecule has 118 valence electrons. The molecule has 5 nitrogen and oxygen atoms in total. The highest BCUT2D eigenvalue weighted by molar-refractivity contribution is 9.10. The maximum atomic E-state index is 5.41. The molecule has 0 aliphatic carbocycles. The molecule has 3 rings (SSSR count). The number of ether oxygens (including phenoxy) is 1. The molecular weight excluding hydrogens is 376 g/mol. The number of halogens is 1. The highest BCUT2D eigenvalue weighted by Gasteiger charge is 2.13. The lowest BCUT2D eigenvalue weighted by Crippen LogP contribution is -2.16. The standard InChI is InChI=1S/C16H15BrN4OS/c1-22-14-8-3-2-7-13(14)15-19-20-16(23)21(15)18-10-11-5-4-6-12(17)9-11/h2-9,18H,10H2,1H3,(H,20,23). The lowest BCUT2D eigenvalue weighted by molar-refractivity contribution is 0.416. The van der Waals surface area contributed by atoms with Gasteiger partial charge in [0.15, 0.2) is 5.82 Å². The Kier molecular flexibility index (Phi) is 4.78. The van der Waals surface area contributed by atoms with Crippen molar-refractivity contribution < 1.29 is 4.74 Å². The topological polar surface area (TPSA) is 54.9 Å². The van der Waals surface area contributed by atoms with Crippen molar-refractivity contribution in [2.75, 3.05) is 12.5 Å². The van der Waals surface area contributed by atoms with Crippen LogP contribution in [0.5, 0.6) is 5.75 Å². The average molecular weight is 391 g/mol. The minimum Gasteiger partial charge on any atom is -0.496 e. The second-order valence-corrected chi connectivity index (χ2v) is 6.16. The van der Waals surface area contributed by atoms with Crippen molar-refractivity contribution in [2.24, 2.45) is 0 Å². The fourth-order valence-electron chi connectivity index (χ4n) is 2.27. The van der Waals surface area contributed by atoms with E-state index in [1.54, 1.807) is 11.8 Å². The number of rotatable bonds is 5. The number of hydrogen-bond donors (Lipinski definition) is 2. The van der Waals surface area contributed by atoms with Gasteiger partial charge >= 0.3 is 0 Å². The van der Waals surface area contributed by atoms with Crippen molar-refractivity contribution in [1.82, 2.24) is 14.9 Å². The number of aromatic nitrogens is 3. The van der Waals surface area contributed by atoms with Crippen LogP contribution in [0.3, 0.4) is 0 Å². The van der Waals surface area contributed by atoms with Crippen molar-refractivity contribution in [2.45, 2.75) is 6.54 Å². The lowest BCUT2D eigenvalue weighted by atomic mass is 10.2. The van der Waals surface area contributed by atoms with Gasteiger partial charge in [-0.05, 0) is 42.0 Å². The van der Waals surface area contributed by atoms with Crippen LogP contribution in [0.2, 0.25) is 0 Å². The number of hydrogen-bond acceptors (Lipinski definition) is 4. The molecule has 0 atom stereocenters. The van der Waals surface area contributed by atoms with Crippen LogP contribution in [0.15, 0.2) is 53.0 Å². The van der Waals surface area contributed by atoms with Crippen LogP contribution in [-0.4, -0.2) is 22.0 Å². The van der Waals surface area contributed by atoms with Crippen molar-refractivity contribution >= 4 is 28.1 Å². The minimum absolute atomic E-state index is 0.501. The average Bonchev–Trinajstić information content (AvgIpc) is 2.93. The third-order valence-electron chi connectivity index (χ3n) is 3.35. The predicted octanol–water partition coefficient (Wildman–Crippen LogP) is 4.12. The van der Waals surface area contributed by atoms with E-state index in [2.05, 4.69) is 37.6 Å². The third kappa shape index (κ3) is 3.46. The second kappa shape index (κ2) is 6.97. The first-order chi connectivity index (χ1) is 11.2. The summed E-state index contributed by atoms with van der Waals surface area (Å²) in [5, 5.41) is 7.14. The van der Waals surface area contributed by atoms with Gasteiger partial charge < -0.3 is 10.2 Å². The molecular formula is C16H15BrN4OS. The van der Waals surface area contributed by atoms with E-state index in [9.17, 15) is 0 Å². The van der Waals surface area contributed by atoms with Gasteiger partial charge in [0, 0.05) is 4.47 Å². The largest absolute Gasteiger partial charge is 0.496 e. The molecule has 0 saturated carbocycles. The van der Waals surface area contributed by atoms with Crippen LogP contribution in [-0.2, 0) is 6.54 Å². The molecule has 2 N–H and O–H groups in total. The van der Waals surface area contributed by atoms with E-state index in [1.807, 2.05) is 42.5 Å². The summed E-state index contributed by atoms with van der Waals surface area (Å²) in [7, 11) is 1.64. The van der Waals surface area contributed by atoms with Gasteiger partial charge in [0.1, 0.15) is 5.75 Å². The molecule has 0 aliphatic rings. The molecule has 3 aromatic rings. The Morgan fingerprint density at radius 3 is 2.87 bits per heavy atom. The normalized spacial score (nSPS) is 10.5. The number of aromatic amines is 1. The number of para-hydroxylation sites is 1. The van der Waals surface area contributed by atoms with Crippen LogP contribution in [0.1, 0.15) is 5.56 Å². The van der Waals surface area contributed by atoms with Gasteiger partial charge in [-0.2, -0.15) is 5.10 Å². The highest BCUT2D eigenvalue weighted by Crippen LogP contribution is 2.27. The molecule has 0 unspecified atom stereocenters. The van der Waals surface area contributed by atoms with E-state index < -0.39 is 0 Å². The van der Waals surface area contributed by atoms with E-state index in [4.69, 9.17) is 17.0 Å². The number of methoxy groups -OCH3 is 1. The van der Waals surface area contributed by atoms with Gasteiger partial charge in [-0.25, -0.2) is 9.77 Å². The first kappa shape index (κ1) is 15.8. The summed E-state index contributed by atoms with van der Waals surface area (Å²) in [4.78, 5) is 0.